The van der Waals surface area contributed by atoms with E-state index in [0.29, 0.717) is 6.42 Å². The SMILES string of the molecule is Cc1ccc(-c2nc(CCNC(=O)c3c(F)cccc3F)cs2)cc1. The number of carbonyl (C=O) groups is 1. The predicted octanol–water partition coefficient (Wildman–Crippen LogP) is 4.37. The number of carbonyl (C=O) groups excluding carboxylic acids is 1. The van der Waals surface area contributed by atoms with Crippen LogP contribution in [0.3, 0.4) is 0 Å². The van der Waals surface area contributed by atoms with Crippen molar-refractivity contribution in [2.24, 2.45) is 0 Å². The highest BCUT2D eigenvalue weighted by Crippen LogP contribution is 2.24. The van der Waals surface area contributed by atoms with Crippen LogP contribution in [-0.2, 0) is 6.42 Å². The van der Waals surface area contributed by atoms with Crippen molar-refractivity contribution in [2.45, 2.75) is 13.3 Å². The topological polar surface area (TPSA) is 42.0 Å². The Bertz CT molecular complexity index is 870. The molecule has 1 N–H and O–H groups in total. The molecule has 0 radical (unpaired) electrons. The third-order valence-electron chi connectivity index (χ3n) is 3.71. The van der Waals surface area contributed by atoms with Crippen LogP contribution in [0.4, 0.5) is 8.78 Å². The standard InChI is InChI=1S/C19H16F2N2OS/c1-12-5-7-13(8-6-12)19-23-14(11-25-19)9-10-22-18(24)17-15(20)3-2-4-16(17)21/h2-8,11H,9-10H2,1H3,(H,22,24). The summed E-state index contributed by atoms with van der Waals surface area (Å²) < 4.78 is 27.1. The lowest BCUT2D eigenvalue weighted by Gasteiger charge is -2.06. The first-order valence-corrected chi connectivity index (χ1v) is 8.66. The van der Waals surface area contributed by atoms with Crippen LogP contribution in [0.15, 0.2) is 47.8 Å². The lowest BCUT2D eigenvalue weighted by atomic mass is 10.1. The summed E-state index contributed by atoms with van der Waals surface area (Å²) in [5.74, 6) is -2.50. The Morgan fingerprint density at radius 2 is 1.80 bits per heavy atom. The number of amides is 1. The number of aryl methyl sites for hydroxylation is 1. The summed E-state index contributed by atoms with van der Waals surface area (Å²) in [6.45, 7) is 2.28. The molecule has 2 aromatic carbocycles. The molecule has 0 saturated carbocycles. The number of nitrogens with one attached hydrogen (secondary N) is 1. The highest BCUT2D eigenvalue weighted by molar-refractivity contribution is 7.13. The molecule has 3 rings (SSSR count). The van der Waals surface area contributed by atoms with Gasteiger partial charge in [0, 0.05) is 23.9 Å². The molecule has 1 amide bonds. The van der Waals surface area contributed by atoms with E-state index in [1.165, 1.54) is 23.0 Å². The highest BCUT2D eigenvalue weighted by Gasteiger charge is 2.16. The first-order chi connectivity index (χ1) is 12.0. The summed E-state index contributed by atoms with van der Waals surface area (Å²) in [6.07, 6.45) is 0.490. The summed E-state index contributed by atoms with van der Waals surface area (Å²) in [4.78, 5) is 16.5. The van der Waals surface area contributed by atoms with Gasteiger partial charge in [0.25, 0.3) is 5.91 Å². The number of rotatable bonds is 5. The summed E-state index contributed by atoms with van der Waals surface area (Å²) in [7, 11) is 0. The fourth-order valence-electron chi connectivity index (χ4n) is 2.36. The number of nitrogens with zero attached hydrogens (tertiary/aromatic N) is 1. The van der Waals surface area contributed by atoms with Crippen molar-refractivity contribution in [2.75, 3.05) is 6.54 Å². The van der Waals surface area contributed by atoms with Crippen LogP contribution in [-0.4, -0.2) is 17.4 Å². The van der Waals surface area contributed by atoms with Crippen molar-refractivity contribution in [3.8, 4) is 10.6 Å². The van der Waals surface area contributed by atoms with Crippen LogP contribution in [0.25, 0.3) is 10.6 Å². The molecule has 1 aromatic heterocycles. The molecule has 3 nitrogen and oxygen atoms in total. The van der Waals surface area contributed by atoms with Gasteiger partial charge in [0.15, 0.2) is 0 Å². The van der Waals surface area contributed by atoms with E-state index in [1.54, 1.807) is 0 Å². The van der Waals surface area contributed by atoms with E-state index in [0.717, 1.165) is 28.4 Å². The molecule has 0 spiro atoms. The Hall–Kier alpha value is -2.60. The monoisotopic (exact) mass is 358 g/mol. The highest BCUT2D eigenvalue weighted by atomic mass is 32.1. The fraction of sp³-hybridized carbons (Fsp3) is 0.158. The molecule has 25 heavy (non-hydrogen) atoms. The average Bonchev–Trinajstić information content (AvgIpc) is 3.04. The van der Waals surface area contributed by atoms with Crippen molar-refractivity contribution < 1.29 is 13.6 Å². The Balaban J connectivity index is 1.59. The van der Waals surface area contributed by atoms with E-state index < -0.39 is 23.1 Å². The molecule has 0 saturated heterocycles. The third-order valence-corrected chi connectivity index (χ3v) is 4.65. The zero-order chi connectivity index (χ0) is 17.8. The molecule has 0 aliphatic rings. The van der Waals surface area contributed by atoms with E-state index in [4.69, 9.17) is 0 Å². The Labute approximate surface area is 148 Å². The minimum atomic E-state index is -0.868. The summed E-state index contributed by atoms with van der Waals surface area (Å²) in [5, 5.41) is 5.36. The normalized spacial score (nSPS) is 10.7. The lowest BCUT2D eigenvalue weighted by Crippen LogP contribution is -2.27. The molecular weight excluding hydrogens is 342 g/mol. The van der Waals surface area contributed by atoms with Crippen LogP contribution >= 0.6 is 11.3 Å². The molecule has 0 aliphatic carbocycles. The quantitative estimate of drug-likeness (QED) is 0.736. The van der Waals surface area contributed by atoms with Gasteiger partial charge in [-0.2, -0.15) is 0 Å². The van der Waals surface area contributed by atoms with Gasteiger partial charge in [-0.05, 0) is 19.1 Å². The molecule has 0 unspecified atom stereocenters. The van der Waals surface area contributed by atoms with Gasteiger partial charge in [-0.1, -0.05) is 35.9 Å². The van der Waals surface area contributed by atoms with Crippen molar-refractivity contribution >= 4 is 17.2 Å². The zero-order valence-corrected chi connectivity index (χ0v) is 14.4. The minimum Gasteiger partial charge on any atom is -0.351 e. The molecular formula is C19H16F2N2OS. The second-order valence-corrected chi connectivity index (χ2v) is 6.47. The van der Waals surface area contributed by atoms with Crippen molar-refractivity contribution in [1.82, 2.24) is 10.3 Å². The fourth-order valence-corrected chi connectivity index (χ4v) is 3.22. The van der Waals surface area contributed by atoms with Gasteiger partial charge < -0.3 is 5.32 Å². The van der Waals surface area contributed by atoms with Crippen LogP contribution in [0, 0.1) is 18.6 Å². The predicted molar refractivity (Wildman–Crippen MR) is 94.7 cm³/mol. The first-order valence-electron chi connectivity index (χ1n) is 7.78. The molecule has 1 heterocycles. The summed E-state index contributed by atoms with van der Waals surface area (Å²) >= 11 is 1.52. The number of hydrogen-bond acceptors (Lipinski definition) is 3. The maximum atomic E-state index is 13.6. The van der Waals surface area contributed by atoms with E-state index in [-0.39, 0.29) is 6.54 Å². The maximum Gasteiger partial charge on any atom is 0.257 e. The largest absolute Gasteiger partial charge is 0.351 e. The lowest BCUT2D eigenvalue weighted by molar-refractivity contribution is 0.0945. The van der Waals surface area contributed by atoms with Gasteiger partial charge in [0.05, 0.1) is 5.69 Å². The molecule has 3 aromatic rings. The number of halogens is 2. The zero-order valence-electron chi connectivity index (χ0n) is 13.6. The number of aromatic nitrogens is 1. The first kappa shape index (κ1) is 17.2. The summed E-state index contributed by atoms with van der Waals surface area (Å²) in [6, 6.07) is 11.4. The molecule has 128 valence electrons. The van der Waals surface area contributed by atoms with Crippen molar-refractivity contribution in [1.29, 1.82) is 0 Å². The van der Waals surface area contributed by atoms with Gasteiger partial charge in [0.2, 0.25) is 0 Å². The second kappa shape index (κ2) is 7.53. The van der Waals surface area contributed by atoms with Crippen LogP contribution in [0.2, 0.25) is 0 Å². The number of benzene rings is 2. The third kappa shape index (κ3) is 4.09. The molecule has 0 atom stereocenters. The van der Waals surface area contributed by atoms with E-state index in [2.05, 4.69) is 10.3 Å². The van der Waals surface area contributed by atoms with Gasteiger partial charge in [0.1, 0.15) is 22.2 Å². The van der Waals surface area contributed by atoms with Gasteiger partial charge in [-0.15, -0.1) is 11.3 Å². The Kier molecular flexibility index (Phi) is 5.19. The summed E-state index contributed by atoms with van der Waals surface area (Å²) in [5.41, 5.74) is 2.50. The van der Waals surface area contributed by atoms with Gasteiger partial charge >= 0.3 is 0 Å². The maximum absolute atomic E-state index is 13.6. The average molecular weight is 358 g/mol. The number of hydrogen-bond donors (Lipinski definition) is 1. The van der Waals surface area contributed by atoms with Crippen LogP contribution in [0.1, 0.15) is 21.6 Å². The Morgan fingerprint density at radius 3 is 2.48 bits per heavy atom. The smallest absolute Gasteiger partial charge is 0.257 e. The Morgan fingerprint density at radius 1 is 1.12 bits per heavy atom. The molecule has 0 aliphatic heterocycles. The number of thiazole rings is 1. The minimum absolute atomic E-state index is 0.254. The van der Waals surface area contributed by atoms with Gasteiger partial charge in [-0.3, -0.25) is 4.79 Å². The molecule has 0 fully saturated rings. The van der Waals surface area contributed by atoms with Crippen molar-refractivity contribution in [3.05, 3.63) is 76.3 Å². The molecule has 0 bridgehead atoms. The van der Waals surface area contributed by atoms with Gasteiger partial charge in [-0.25, -0.2) is 13.8 Å². The van der Waals surface area contributed by atoms with E-state index in [1.807, 2.05) is 36.6 Å². The van der Waals surface area contributed by atoms with E-state index in [9.17, 15) is 13.6 Å². The van der Waals surface area contributed by atoms with Crippen molar-refractivity contribution in [3.63, 3.8) is 0 Å². The second-order valence-electron chi connectivity index (χ2n) is 5.61. The van der Waals surface area contributed by atoms with Crippen LogP contribution in [0.5, 0.6) is 0 Å². The molecule has 6 heteroatoms. The van der Waals surface area contributed by atoms with E-state index >= 15 is 0 Å². The van der Waals surface area contributed by atoms with Crippen LogP contribution < -0.4 is 5.32 Å².